The van der Waals surface area contributed by atoms with Gasteiger partial charge < -0.3 is 19.6 Å². The molecule has 0 heterocycles. The average Bonchev–Trinajstić information content (AvgIpc) is 3.56. The van der Waals surface area contributed by atoms with Crippen LogP contribution < -0.4 is 19.6 Å². The lowest BCUT2D eigenvalue weighted by molar-refractivity contribution is 0.583. The summed E-state index contributed by atoms with van der Waals surface area (Å²) < 4.78 is 127. The van der Waals surface area contributed by atoms with Gasteiger partial charge in [-0.15, -0.1) is 0 Å². The summed E-state index contributed by atoms with van der Waals surface area (Å²) in [7, 11) is 0. The molecule has 80 heavy (non-hydrogen) atoms. The number of rotatable bonds is 12. The molecular weight excluding hydrogens is 1020 g/mol. The summed E-state index contributed by atoms with van der Waals surface area (Å²) in [6, 6.07) is 53.4. The van der Waals surface area contributed by atoms with Gasteiger partial charge in [-0.2, -0.15) is 0 Å². The second-order valence-corrected chi connectivity index (χ2v) is 19.9. The van der Waals surface area contributed by atoms with Gasteiger partial charge in [0.1, 0.15) is 46.5 Å². The van der Waals surface area contributed by atoms with Crippen molar-refractivity contribution in [2.45, 2.75) is 27.7 Å². The molecule has 0 unspecified atom stereocenters. The molecule has 394 valence electrons. The molecule has 0 fully saturated rings. The molecule has 12 rings (SSSR count). The zero-order chi connectivity index (χ0) is 55.7. The van der Waals surface area contributed by atoms with E-state index in [-0.39, 0.29) is 22.7 Å². The molecule has 0 aliphatic carbocycles. The van der Waals surface area contributed by atoms with E-state index in [1.165, 1.54) is 48.5 Å². The second kappa shape index (κ2) is 20.3. The van der Waals surface area contributed by atoms with Gasteiger partial charge >= 0.3 is 0 Å². The summed E-state index contributed by atoms with van der Waals surface area (Å²) in [6.07, 6.45) is 0. The fourth-order valence-electron chi connectivity index (χ4n) is 11.2. The minimum Gasteiger partial charge on any atom is -0.309 e. The highest BCUT2D eigenvalue weighted by Crippen LogP contribution is 2.56. The van der Waals surface area contributed by atoms with E-state index in [1.807, 2.05) is 137 Å². The molecule has 0 aromatic heterocycles. The Morgan fingerprint density at radius 3 is 0.588 bits per heavy atom. The van der Waals surface area contributed by atoms with E-state index in [1.54, 1.807) is 43.9 Å². The van der Waals surface area contributed by atoms with Gasteiger partial charge in [0.15, 0.2) is 0 Å². The number of anilines is 12. The Labute approximate surface area is 456 Å². The first-order chi connectivity index (χ1) is 38.6. The van der Waals surface area contributed by atoms with Crippen LogP contribution in [0.3, 0.4) is 0 Å². The van der Waals surface area contributed by atoms with E-state index in [0.29, 0.717) is 77.8 Å². The van der Waals surface area contributed by atoms with Crippen LogP contribution in [0.4, 0.5) is 103 Å². The third-order valence-corrected chi connectivity index (χ3v) is 14.6. The third kappa shape index (κ3) is 9.11. The standard InChI is InChI=1S/C68H46F8N4/c1-39-13-5-9-17-59(39)77(51-29-43(69)25-44(70)30-51)63-37-64(78(60-18-10-6-14-40(60)2)52-31-45(71)26-46(72)32-52)56-23-24-58-66(80(62-20-12-8-16-42(62)4)54-35-49(75)28-50(76)36-54)38-65(57-22-21-55(63)67(56)68(57)58)79(61-19-11-7-15-41(61)3)53-33-47(73)27-48(74)34-53/h5-38H,1-4H3. The van der Waals surface area contributed by atoms with Crippen molar-refractivity contribution in [3.63, 3.8) is 0 Å². The summed E-state index contributed by atoms with van der Waals surface area (Å²) in [6.45, 7) is 7.47. The molecule has 12 aromatic rings. The molecule has 0 atom stereocenters. The molecule has 0 bridgehead atoms. The first-order valence-corrected chi connectivity index (χ1v) is 25.7. The zero-order valence-electron chi connectivity index (χ0n) is 43.4. The van der Waals surface area contributed by atoms with Crippen molar-refractivity contribution in [2.24, 2.45) is 0 Å². The van der Waals surface area contributed by atoms with Crippen molar-refractivity contribution in [1.29, 1.82) is 0 Å². The summed E-state index contributed by atoms with van der Waals surface area (Å²) in [4.78, 5) is 6.97. The van der Waals surface area contributed by atoms with E-state index >= 15 is 35.1 Å². The van der Waals surface area contributed by atoms with Crippen LogP contribution in [0.2, 0.25) is 0 Å². The molecule has 0 saturated heterocycles. The molecule has 12 heteroatoms. The highest BCUT2D eigenvalue weighted by Gasteiger charge is 2.31. The van der Waals surface area contributed by atoms with Crippen LogP contribution >= 0.6 is 0 Å². The summed E-state index contributed by atoms with van der Waals surface area (Å²) in [5.74, 6) is -6.79. The van der Waals surface area contributed by atoms with Gasteiger partial charge in [-0.05, 0) is 135 Å². The van der Waals surface area contributed by atoms with E-state index in [2.05, 4.69) is 0 Å². The zero-order valence-corrected chi connectivity index (χ0v) is 43.4. The van der Waals surface area contributed by atoms with Gasteiger partial charge in [0.2, 0.25) is 0 Å². The number of benzene rings is 12. The van der Waals surface area contributed by atoms with E-state index in [0.717, 1.165) is 46.5 Å². The number of aryl methyl sites for hydroxylation is 4. The van der Waals surface area contributed by atoms with Crippen LogP contribution in [0, 0.1) is 74.2 Å². The van der Waals surface area contributed by atoms with Crippen molar-refractivity contribution in [2.75, 3.05) is 19.6 Å². The van der Waals surface area contributed by atoms with Crippen LogP contribution in [0.15, 0.2) is 206 Å². The number of para-hydroxylation sites is 4. The molecule has 0 spiro atoms. The lowest BCUT2D eigenvalue weighted by atomic mass is 9.88. The van der Waals surface area contributed by atoms with Gasteiger partial charge in [-0.1, -0.05) is 97.1 Å². The van der Waals surface area contributed by atoms with Crippen LogP contribution in [0.1, 0.15) is 22.3 Å². The van der Waals surface area contributed by atoms with Gasteiger partial charge in [0.05, 0.1) is 45.5 Å². The van der Waals surface area contributed by atoms with Crippen molar-refractivity contribution >= 4 is 101 Å². The second-order valence-electron chi connectivity index (χ2n) is 19.9. The maximum atomic E-state index is 15.8. The Morgan fingerprint density at radius 1 is 0.212 bits per heavy atom. The minimum atomic E-state index is -0.849. The fraction of sp³-hybridized carbons (Fsp3) is 0.0588. The Balaban J connectivity index is 1.34. The minimum absolute atomic E-state index is 0.108. The molecule has 0 aliphatic heterocycles. The lowest BCUT2D eigenvalue weighted by Gasteiger charge is -2.35. The van der Waals surface area contributed by atoms with Crippen molar-refractivity contribution in [3.8, 4) is 0 Å². The maximum absolute atomic E-state index is 15.8. The first kappa shape index (κ1) is 51.1. The SMILES string of the molecule is Cc1ccccc1N(c1cc(F)cc(F)c1)c1cc(N(c2cc(F)cc(F)c2)c2ccccc2C)c2ccc3c(N(c4cc(F)cc(F)c4)c4ccccc4C)cc(N(c4cc(F)cc(F)c4)c4ccccc4C)c4ccc1c2c43. The topological polar surface area (TPSA) is 13.0 Å². The quantitative estimate of drug-likeness (QED) is 0.0893. The molecule has 0 N–H and O–H groups in total. The van der Waals surface area contributed by atoms with Crippen molar-refractivity contribution in [3.05, 3.63) is 275 Å². The fourth-order valence-corrected chi connectivity index (χ4v) is 11.2. The maximum Gasteiger partial charge on any atom is 0.128 e. The number of halogens is 8. The predicted octanol–water partition coefficient (Wildman–Crippen LogP) is 20.8. The largest absolute Gasteiger partial charge is 0.309 e. The average molecular weight is 1070 g/mol. The summed E-state index contributed by atoms with van der Waals surface area (Å²) in [5.41, 5.74) is 7.03. The van der Waals surface area contributed by atoms with E-state index < -0.39 is 46.5 Å². The predicted molar refractivity (Wildman–Crippen MR) is 307 cm³/mol. The van der Waals surface area contributed by atoms with Crippen LogP contribution in [-0.2, 0) is 0 Å². The molecule has 0 aliphatic rings. The Bertz CT molecular complexity index is 3780. The van der Waals surface area contributed by atoms with Crippen molar-refractivity contribution < 1.29 is 35.1 Å². The smallest absolute Gasteiger partial charge is 0.128 e. The van der Waals surface area contributed by atoms with Crippen LogP contribution in [0.5, 0.6) is 0 Å². The Kier molecular flexibility index (Phi) is 13.0. The van der Waals surface area contributed by atoms with Gasteiger partial charge in [0.25, 0.3) is 0 Å². The number of nitrogens with zero attached hydrogens (tertiary/aromatic N) is 4. The van der Waals surface area contributed by atoms with Gasteiger partial charge in [0, 0.05) is 79.3 Å². The van der Waals surface area contributed by atoms with Gasteiger partial charge in [-0.3, -0.25) is 0 Å². The van der Waals surface area contributed by atoms with E-state index in [4.69, 9.17) is 0 Å². The summed E-state index contributed by atoms with van der Waals surface area (Å²) >= 11 is 0. The monoisotopic (exact) mass is 1070 g/mol. The summed E-state index contributed by atoms with van der Waals surface area (Å²) in [5, 5.41) is 3.20. The van der Waals surface area contributed by atoms with Crippen LogP contribution in [0.25, 0.3) is 32.3 Å². The van der Waals surface area contributed by atoms with Crippen LogP contribution in [-0.4, -0.2) is 0 Å². The Hall–Kier alpha value is -9.68. The highest BCUT2D eigenvalue weighted by atomic mass is 19.2. The number of hydrogen-bond acceptors (Lipinski definition) is 4. The lowest BCUT2D eigenvalue weighted by Crippen LogP contribution is -2.17. The normalized spacial score (nSPS) is 11.5. The molecule has 0 radical (unpaired) electrons. The number of hydrogen-bond donors (Lipinski definition) is 0. The molecule has 4 nitrogen and oxygen atoms in total. The molecule has 12 aromatic carbocycles. The molecular formula is C68H46F8N4. The van der Waals surface area contributed by atoms with E-state index in [9.17, 15) is 0 Å². The highest BCUT2D eigenvalue weighted by molar-refractivity contribution is 6.33. The molecule has 0 saturated carbocycles. The first-order valence-electron chi connectivity index (χ1n) is 25.7. The third-order valence-electron chi connectivity index (χ3n) is 14.6. The van der Waals surface area contributed by atoms with Gasteiger partial charge in [-0.25, -0.2) is 35.1 Å². The molecule has 0 amide bonds. The van der Waals surface area contributed by atoms with Crippen molar-refractivity contribution in [1.82, 2.24) is 0 Å². The Morgan fingerprint density at radius 2 is 0.400 bits per heavy atom.